The maximum absolute atomic E-state index is 13.4. The highest BCUT2D eigenvalue weighted by atomic mass is 19.4. The van der Waals surface area contributed by atoms with Gasteiger partial charge in [0.05, 0.1) is 0 Å². The van der Waals surface area contributed by atoms with Crippen LogP contribution in [-0.4, -0.2) is 0 Å². The number of rotatable bonds is 0. The van der Waals surface area contributed by atoms with Crippen molar-refractivity contribution in [1.82, 2.24) is 0 Å². The summed E-state index contributed by atoms with van der Waals surface area (Å²) in [5, 5.41) is 16.8. The summed E-state index contributed by atoms with van der Waals surface area (Å²) in [6, 6.07) is 1.48. The molecule has 0 bridgehead atoms. The summed E-state index contributed by atoms with van der Waals surface area (Å²) in [5.41, 5.74) is -9.38. The third kappa shape index (κ3) is 2.37. The topological polar surface area (TPSA) is 47.6 Å². The third-order valence-corrected chi connectivity index (χ3v) is 2.17. The number of halogens is 8. The molecule has 0 N–H and O–H groups in total. The minimum atomic E-state index is -5.89. The van der Waals surface area contributed by atoms with Crippen LogP contribution in [-0.2, 0) is 12.4 Å². The molecule has 2 nitrogen and oxygen atoms in total. The fraction of sp³-hybridized carbons (Fsp3) is 0.200. The van der Waals surface area contributed by atoms with E-state index < -0.39 is 46.2 Å². The fourth-order valence-electron chi connectivity index (χ4n) is 1.43. The lowest BCUT2D eigenvalue weighted by molar-refractivity contribution is -0.165. The normalized spacial score (nSPS) is 11.9. The largest absolute Gasteiger partial charge is 0.419 e. The highest BCUT2D eigenvalue weighted by molar-refractivity contribution is 5.54. The van der Waals surface area contributed by atoms with Gasteiger partial charge in [-0.3, -0.25) is 0 Å². The van der Waals surface area contributed by atoms with Gasteiger partial charge in [0, 0.05) is 0 Å². The molecule has 0 radical (unpaired) electrons. The molecule has 0 spiro atoms. The lowest BCUT2D eigenvalue weighted by Gasteiger charge is -2.18. The van der Waals surface area contributed by atoms with E-state index in [4.69, 9.17) is 10.5 Å². The molecule has 1 aromatic rings. The van der Waals surface area contributed by atoms with Crippen LogP contribution in [0.4, 0.5) is 35.1 Å². The molecular formula is C10F8N2. The molecule has 1 aromatic carbocycles. The Balaban J connectivity index is 4.09. The second kappa shape index (κ2) is 4.63. The van der Waals surface area contributed by atoms with E-state index in [9.17, 15) is 35.1 Å². The Morgan fingerprint density at radius 3 is 1.05 bits per heavy atom. The predicted molar refractivity (Wildman–Crippen MR) is 45.8 cm³/mol. The van der Waals surface area contributed by atoms with E-state index in [-0.39, 0.29) is 0 Å². The third-order valence-electron chi connectivity index (χ3n) is 2.17. The van der Waals surface area contributed by atoms with Crippen molar-refractivity contribution >= 4 is 0 Å². The number of hydrogen-bond acceptors (Lipinski definition) is 2. The zero-order valence-corrected chi connectivity index (χ0v) is 8.92. The molecule has 106 valence electrons. The SMILES string of the molecule is N#Cc1c(F)c(C(F)(F)F)c(C(F)(F)F)c(F)c1C#N. The van der Waals surface area contributed by atoms with Crippen molar-refractivity contribution in [3.05, 3.63) is 33.9 Å². The highest BCUT2D eigenvalue weighted by Gasteiger charge is 2.50. The Morgan fingerprint density at radius 1 is 0.650 bits per heavy atom. The maximum atomic E-state index is 13.4. The van der Waals surface area contributed by atoms with E-state index >= 15 is 0 Å². The monoisotopic (exact) mass is 300 g/mol. The summed E-state index contributed by atoms with van der Waals surface area (Å²) in [5.74, 6) is -5.27. The van der Waals surface area contributed by atoms with Crippen LogP contribution in [0.5, 0.6) is 0 Å². The summed E-state index contributed by atoms with van der Waals surface area (Å²) in [6.07, 6.45) is -11.8. The van der Waals surface area contributed by atoms with Crippen LogP contribution in [0.3, 0.4) is 0 Å². The maximum Gasteiger partial charge on any atom is 0.419 e. The second-order valence-electron chi connectivity index (χ2n) is 3.35. The number of alkyl halides is 6. The number of benzene rings is 1. The number of hydrogen-bond donors (Lipinski definition) is 0. The molecule has 0 saturated carbocycles. The minimum absolute atomic E-state index is 0.742. The quantitative estimate of drug-likeness (QED) is 0.685. The van der Waals surface area contributed by atoms with E-state index in [2.05, 4.69) is 0 Å². The van der Waals surface area contributed by atoms with Crippen molar-refractivity contribution in [1.29, 1.82) is 10.5 Å². The van der Waals surface area contributed by atoms with Crippen molar-refractivity contribution in [3.63, 3.8) is 0 Å². The van der Waals surface area contributed by atoms with Gasteiger partial charge in [0.25, 0.3) is 0 Å². The van der Waals surface area contributed by atoms with Crippen LogP contribution < -0.4 is 0 Å². The summed E-state index contributed by atoms with van der Waals surface area (Å²) in [6.45, 7) is 0. The standard InChI is InChI=1S/C10F8N2/c11-7-3(1-19)4(2-20)8(12)6(10(16,17)18)5(7)9(13,14)15. The molecule has 20 heavy (non-hydrogen) atoms. The Kier molecular flexibility index (Phi) is 3.64. The number of nitrogens with zero attached hydrogens (tertiary/aromatic N) is 2. The first-order chi connectivity index (χ1) is 8.96. The van der Waals surface area contributed by atoms with Gasteiger partial charge in [0.2, 0.25) is 0 Å². The van der Waals surface area contributed by atoms with E-state index in [0.29, 0.717) is 0 Å². The first kappa shape index (κ1) is 15.7. The molecule has 0 aliphatic rings. The average Bonchev–Trinajstić information content (AvgIpc) is 2.27. The molecule has 0 aromatic heterocycles. The van der Waals surface area contributed by atoms with E-state index in [0.717, 1.165) is 12.1 Å². The van der Waals surface area contributed by atoms with Gasteiger partial charge >= 0.3 is 12.4 Å². The molecule has 0 atom stereocenters. The van der Waals surface area contributed by atoms with Crippen LogP contribution in [0.15, 0.2) is 0 Å². The van der Waals surface area contributed by atoms with Crippen LogP contribution in [0.1, 0.15) is 22.3 Å². The lowest BCUT2D eigenvalue weighted by atomic mass is 9.96. The second-order valence-corrected chi connectivity index (χ2v) is 3.35. The van der Waals surface area contributed by atoms with Crippen LogP contribution in [0.2, 0.25) is 0 Å². The zero-order valence-electron chi connectivity index (χ0n) is 8.92. The molecule has 0 saturated heterocycles. The minimum Gasteiger partial charge on any atom is -0.205 e. The van der Waals surface area contributed by atoms with E-state index in [1.807, 2.05) is 0 Å². The summed E-state index contributed by atoms with van der Waals surface area (Å²) in [7, 11) is 0. The smallest absolute Gasteiger partial charge is 0.205 e. The van der Waals surface area contributed by atoms with Crippen LogP contribution in [0, 0.1) is 34.3 Å². The van der Waals surface area contributed by atoms with Crippen LogP contribution >= 0.6 is 0 Å². The molecule has 1 rings (SSSR count). The van der Waals surface area contributed by atoms with Gasteiger partial charge in [-0.25, -0.2) is 8.78 Å². The summed E-state index contributed by atoms with van der Waals surface area (Å²) < 4.78 is 102. The first-order valence-electron chi connectivity index (χ1n) is 4.46. The predicted octanol–water partition coefficient (Wildman–Crippen LogP) is 3.75. The van der Waals surface area contributed by atoms with Gasteiger partial charge in [0.1, 0.15) is 34.4 Å². The molecule has 0 aliphatic carbocycles. The molecule has 0 unspecified atom stereocenters. The Hall–Kier alpha value is -2.36. The van der Waals surface area contributed by atoms with Gasteiger partial charge < -0.3 is 0 Å². The van der Waals surface area contributed by atoms with Gasteiger partial charge in [-0.05, 0) is 0 Å². The van der Waals surface area contributed by atoms with Crippen molar-refractivity contribution in [3.8, 4) is 12.1 Å². The Labute approximate surface area is 105 Å². The van der Waals surface area contributed by atoms with Crippen LogP contribution in [0.25, 0.3) is 0 Å². The molecular weight excluding hydrogens is 300 g/mol. The molecule has 0 amide bonds. The molecule has 0 aliphatic heterocycles. The van der Waals surface area contributed by atoms with E-state index in [1.165, 1.54) is 0 Å². The summed E-state index contributed by atoms with van der Waals surface area (Å²) >= 11 is 0. The van der Waals surface area contributed by atoms with Gasteiger partial charge in [0.15, 0.2) is 11.6 Å². The lowest BCUT2D eigenvalue weighted by Crippen LogP contribution is -2.23. The average molecular weight is 300 g/mol. The molecule has 0 heterocycles. The van der Waals surface area contributed by atoms with Crippen molar-refractivity contribution in [2.24, 2.45) is 0 Å². The van der Waals surface area contributed by atoms with Crippen molar-refractivity contribution < 1.29 is 35.1 Å². The van der Waals surface area contributed by atoms with Gasteiger partial charge in [-0.1, -0.05) is 0 Å². The van der Waals surface area contributed by atoms with Gasteiger partial charge in [-0.2, -0.15) is 36.9 Å². The molecule has 10 heteroatoms. The van der Waals surface area contributed by atoms with Gasteiger partial charge in [-0.15, -0.1) is 0 Å². The van der Waals surface area contributed by atoms with Crippen molar-refractivity contribution in [2.75, 3.05) is 0 Å². The Morgan fingerprint density at radius 2 is 0.900 bits per heavy atom. The summed E-state index contributed by atoms with van der Waals surface area (Å²) in [4.78, 5) is 0. The first-order valence-corrected chi connectivity index (χ1v) is 4.46. The fourth-order valence-corrected chi connectivity index (χ4v) is 1.43. The zero-order chi connectivity index (χ0) is 15.9. The van der Waals surface area contributed by atoms with E-state index in [1.54, 1.807) is 0 Å². The van der Waals surface area contributed by atoms with Crippen molar-refractivity contribution in [2.45, 2.75) is 12.4 Å². The highest BCUT2D eigenvalue weighted by Crippen LogP contribution is 2.44. The Bertz CT molecular complexity index is 585. The number of nitriles is 2. The molecule has 0 fully saturated rings.